The van der Waals surface area contributed by atoms with Gasteiger partial charge in [0.1, 0.15) is 8.24 Å². The Balaban J connectivity index is 1.36. The van der Waals surface area contributed by atoms with E-state index in [-0.39, 0.29) is 27.3 Å². The molecule has 0 bridgehead atoms. The molecule has 1 nitrogen and oxygen atoms in total. The van der Waals surface area contributed by atoms with Crippen molar-refractivity contribution in [3.05, 3.63) is 147 Å². The first-order chi connectivity index (χ1) is 27.1. The van der Waals surface area contributed by atoms with Crippen LogP contribution in [0.2, 0.25) is 18.6 Å². The number of allylic oxidation sites excluding steroid dienone is 4. The van der Waals surface area contributed by atoms with Crippen LogP contribution in [-0.2, 0) is 21.7 Å². The number of nitrogens with zero attached hydrogens (tertiary/aromatic N) is 1. The Morgan fingerprint density at radius 1 is 0.593 bits per heavy atom. The van der Waals surface area contributed by atoms with Gasteiger partial charge in [-0.15, -0.1) is 0 Å². The van der Waals surface area contributed by atoms with Gasteiger partial charge in [-0.2, -0.15) is 0 Å². The molecule has 4 aliphatic rings. The van der Waals surface area contributed by atoms with E-state index in [9.17, 15) is 0 Å². The molecule has 2 heteroatoms. The summed E-state index contributed by atoms with van der Waals surface area (Å²) in [6, 6.07) is 32.0. The van der Waals surface area contributed by atoms with Crippen LogP contribution in [0.4, 0.5) is 0 Å². The SMILES string of the molecule is Cc1ccc(C2(c3ccc4c(c3)C(C)(C)C3=CC5CC(C)C([Si](C)(C)N(C(C)(C)C)C(C)(C)C)C5C=C34)c3cc(C(C)(C)C)ccc3-c3ccc(C(C)(C)C)cc32)cc1. The Kier molecular flexibility index (Phi) is 9.50. The molecule has 312 valence electrons. The van der Waals surface area contributed by atoms with Gasteiger partial charge in [-0.3, -0.25) is 0 Å². The van der Waals surface area contributed by atoms with Crippen LogP contribution in [-0.4, -0.2) is 23.9 Å². The maximum atomic E-state index is 2.98. The van der Waals surface area contributed by atoms with Crippen molar-refractivity contribution >= 4 is 13.8 Å². The first kappa shape index (κ1) is 42.2. The van der Waals surface area contributed by atoms with Crippen molar-refractivity contribution in [1.82, 2.24) is 4.57 Å². The molecule has 0 radical (unpaired) electrons. The van der Waals surface area contributed by atoms with E-state index in [2.05, 4.69) is 219 Å². The number of aryl methyl sites for hydroxylation is 1. The zero-order valence-corrected chi connectivity index (χ0v) is 41.1. The van der Waals surface area contributed by atoms with Crippen LogP contribution < -0.4 is 0 Å². The normalized spacial score (nSPS) is 23.3. The average molecular weight is 802 g/mol. The van der Waals surface area contributed by atoms with Gasteiger partial charge in [0.25, 0.3) is 0 Å². The lowest BCUT2D eigenvalue weighted by Crippen LogP contribution is -2.67. The molecule has 4 aromatic rings. The van der Waals surface area contributed by atoms with Crippen LogP contribution >= 0.6 is 0 Å². The molecule has 4 unspecified atom stereocenters. The summed E-state index contributed by atoms with van der Waals surface area (Å²) in [5, 5.41) is 0. The molecule has 59 heavy (non-hydrogen) atoms. The topological polar surface area (TPSA) is 3.24 Å². The summed E-state index contributed by atoms with van der Waals surface area (Å²) in [6.45, 7) is 44.1. The minimum absolute atomic E-state index is 0.0234. The maximum absolute atomic E-state index is 2.98. The number of rotatable bonds is 4. The second-order valence-electron chi connectivity index (χ2n) is 24.5. The minimum Gasteiger partial charge on any atom is -0.314 e. The third-order valence-electron chi connectivity index (χ3n) is 15.4. The van der Waals surface area contributed by atoms with Crippen LogP contribution in [0.3, 0.4) is 0 Å². The van der Waals surface area contributed by atoms with E-state index in [4.69, 9.17) is 0 Å². The Morgan fingerprint density at radius 3 is 1.58 bits per heavy atom. The Hall–Kier alpha value is -3.46. The van der Waals surface area contributed by atoms with Crippen LogP contribution in [0.15, 0.2) is 96.6 Å². The quantitative estimate of drug-likeness (QED) is 0.164. The molecule has 0 heterocycles. The van der Waals surface area contributed by atoms with Crippen molar-refractivity contribution in [3.8, 4) is 11.1 Å². The fraction of sp³-hybridized carbons (Fsp3) is 0.509. The molecule has 8 rings (SSSR count). The van der Waals surface area contributed by atoms with Gasteiger partial charge in [0.05, 0.1) is 5.41 Å². The zero-order valence-electron chi connectivity index (χ0n) is 40.1. The summed E-state index contributed by atoms with van der Waals surface area (Å²) in [6.07, 6.45) is 6.87. The van der Waals surface area contributed by atoms with Crippen molar-refractivity contribution in [3.63, 3.8) is 0 Å². The molecule has 0 aliphatic heterocycles. The Morgan fingerprint density at radius 2 is 1.08 bits per heavy atom. The number of hydrogen-bond donors (Lipinski definition) is 0. The molecule has 1 fully saturated rings. The number of benzene rings is 4. The molecule has 0 N–H and O–H groups in total. The highest BCUT2D eigenvalue weighted by atomic mass is 28.3. The summed E-state index contributed by atoms with van der Waals surface area (Å²) in [5.74, 6) is 1.86. The number of fused-ring (bicyclic) bond motifs is 7. The fourth-order valence-electron chi connectivity index (χ4n) is 13.7. The number of hydrogen-bond acceptors (Lipinski definition) is 1. The standard InChI is InChI=1S/C57H75NSi/c1-35-19-21-38(22-20-35)57(49-31-39(52(3,4)5)23-26-42(49)43-27-24-40(32-50(43)57)53(6,7)8)41-25-28-44-46-34-45-37(30-47(46)56(15,16)48(44)33-41)29-36(2)51(45)59(17,18)58(54(9,10)11)55(12,13)14/h19-28,30-34,36-37,45,51H,29H2,1-18H3. The van der Waals surface area contributed by atoms with E-state index < -0.39 is 13.7 Å². The molecule has 0 spiro atoms. The minimum atomic E-state index is -1.94. The Labute approximate surface area is 360 Å². The second-order valence-corrected chi connectivity index (χ2v) is 28.9. The van der Waals surface area contributed by atoms with Gasteiger partial charge in [-0.25, -0.2) is 0 Å². The third kappa shape index (κ3) is 6.39. The van der Waals surface area contributed by atoms with Crippen LogP contribution in [0.5, 0.6) is 0 Å². The van der Waals surface area contributed by atoms with Gasteiger partial charge < -0.3 is 4.57 Å². The molecule has 0 aromatic heterocycles. The van der Waals surface area contributed by atoms with E-state index in [0.717, 1.165) is 0 Å². The molecular formula is C57H75NSi. The van der Waals surface area contributed by atoms with Crippen molar-refractivity contribution in [1.29, 1.82) is 0 Å². The summed E-state index contributed by atoms with van der Waals surface area (Å²) in [4.78, 5) is 0. The molecule has 1 saturated carbocycles. The van der Waals surface area contributed by atoms with E-state index in [1.54, 1.807) is 5.57 Å². The highest BCUT2D eigenvalue weighted by molar-refractivity contribution is 6.76. The van der Waals surface area contributed by atoms with Gasteiger partial charge in [0, 0.05) is 16.5 Å². The van der Waals surface area contributed by atoms with E-state index in [0.29, 0.717) is 23.3 Å². The lowest BCUT2D eigenvalue weighted by atomic mass is 9.65. The lowest BCUT2D eigenvalue weighted by molar-refractivity contribution is 0.121. The second kappa shape index (κ2) is 13.3. The van der Waals surface area contributed by atoms with Crippen molar-refractivity contribution in [2.45, 2.75) is 169 Å². The van der Waals surface area contributed by atoms with Gasteiger partial charge in [-0.1, -0.05) is 172 Å². The first-order valence-corrected chi connectivity index (χ1v) is 25.9. The van der Waals surface area contributed by atoms with Crippen LogP contribution in [0, 0.1) is 24.7 Å². The van der Waals surface area contributed by atoms with E-state index >= 15 is 0 Å². The molecule has 0 saturated heterocycles. The van der Waals surface area contributed by atoms with Crippen molar-refractivity contribution < 1.29 is 0 Å². The van der Waals surface area contributed by atoms with Crippen molar-refractivity contribution in [2.24, 2.45) is 17.8 Å². The highest BCUT2D eigenvalue weighted by Gasteiger charge is 2.57. The summed E-state index contributed by atoms with van der Waals surface area (Å²) >= 11 is 0. The van der Waals surface area contributed by atoms with Gasteiger partial charge in [0.2, 0.25) is 0 Å². The largest absolute Gasteiger partial charge is 0.314 e. The summed E-state index contributed by atoms with van der Waals surface area (Å²) in [7, 11) is -1.94. The smallest absolute Gasteiger partial charge is 0.127 e. The molecular weight excluding hydrogens is 727 g/mol. The van der Waals surface area contributed by atoms with Crippen LogP contribution in [0.25, 0.3) is 16.7 Å². The predicted molar refractivity (Wildman–Crippen MR) is 258 cm³/mol. The van der Waals surface area contributed by atoms with Gasteiger partial charge in [-0.05, 0) is 156 Å². The van der Waals surface area contributed by atoms with E-state index in [1.807, 2.05) is 0 Å². The maximum Gasteiger partial charge on any atom is 0.127 e. The average Bonchev–Trinajstić information content (AvgIpc) is 3.67. The summed E-state index contributed by atoms with van der Waals surface area (Å²) < 4.78 is 2.98. The van der Waals surface area contributed by atoms with E-state index in [1.165, 1.54) is 73.2 Å². The Bertz CT molecular complexity index is 2310. The molecule has 0 amide bonds. The first-order valence-electron chi connectivity index (χ1n) is 22.9. The molecule has 4 atom stereocenters. The fourth-order valence-corrected chi connectivity index (χ4v) is 20.3. The lowest BCUT2D eigenvalue weighted by Gasteiger charge is -2.57. The van der Waals surface area contributed by atoms with Gasteiger partial charge in [0.15, 0.2) is 0 Å². The molecule has 4 aromatic carbocycles. The zero-order chi connectivity index (χ0) is 43.2. The highest BCUT2D eigenvalue weighted by Crippen LogP contribution is 2.63. The molecule has 4 aliphatic carbocycles. The summed E-state index contributed by atoms with van der Waals surface area (Å²) in [5.41, 5.74) is 18.8. The third-order valence-corrected chi connectivity index (χ3v) is 20.5. The predicted octanol–water partition coefficient (Wildman–Crippen LogP) is 15.3. The monoisotopic (exact) mass is 802 g/mol. The van der Waals surface area contributed by atoms with Crippen LogP contribution in [0.1, 0.15) is 160 Å². The van der Waals surface area contributed by atoms with Crippen molar-refractivity contribution in [2.75, 3.05) is 0 Å². The van der Waals surface area contributed by atoms with Gasteiger partial charge >= 0.3 is 0 Å².